The Morgan fingerprint density at radius 1 is 1.11 bits per heavy atom. The summed E-state index contributed by atoms with van der Waals surface area (Å²) in [6.07, 6.45) is 1.53. The van der Waals surface area contributed by atoms with E-state index in [9.17, 15) is 14.4 Å². The summed E-state index contributed by atoms with van der Waals surface area (Å²) < 4.78 is 5.20. The number of para-hydroxylation sites is 1. The van der Waals surface area contributed by atoms with E-state index in [2.05, 4.69) is 5.32 Å². The van der Waals surface area contributed by atoms with Gasteiger partial charge in [0.05, 0.1) is 12.2 Å². The Balaban J connectivity index is 1.96. The summed E-state index contributed by atoms with van der Waals surface area (Å²) >= 11 is 0. The van der Waals surface area contributed by atoms with Gasteiger partial charge in [-0.2, -0.15) is 0 Å². The lowest BCUT2D eigenvalue weighted by Crippen LogP contribution is -2.51. The van der Waals surface area contributed by atoms with E-state index in [1.54, 1.807) is 50.2 Å². The molecule has 0 aromatic heterocycles. The second kappa shape index (κ2) is 7.56. The van der Waals surface area contributed by atoms with E-state index in [4.69, 9.17) is 9.84 Å². The van der Waals surface area contributed by atoms with E-state index in [0.29, 0.717) is 11.4 Å². The van der Waals surface area contributed by atoms with E-state index < -0.39 is 17.5 Å². The summed E-state index contributed by atoms with van der Waals surface area (Å²) in [5.41, 5.74) is 0.141. The zero-order chi connectivity index (χ0) is 20.3. The molecule has 0 fully saturated rings. The minimum atomic E-state index is -1.31. The number of ether oxygens (including phenoxy) is 1. The fraction of sp³-hybridized carbons (Fsp3) is 0.190. The summed E-state index contributed by atoms with van der Waals surface area (Å²) in [5, 5.41) is 12.0. The highest BCUT2D eigenvalue weighted by Gasteiger charge is 2.49. The van der Waals surface area contributed by atoms with Gasteiger partial charge >= 0.3 is 11.9 Å². The van der Waals surface area contributed by atoms with Gasteiger partial charge in [0, 0.05) is 11.4 Å². The summed E-state index contributed by atoms with van der Waals surface area (Å²) in [5.74, 6) is -1.96. The van der Waals surface area contributed by atoms with Gasteiger partial charge in [0.2, 0.25) is 0 Å². The fourth-order valence-electron chi connectivity index (χ4n) is 3.07. The van der Waals surface area contributed by atoms with Crippen LogP contribution >= 0.6 is 0 Å². The van der Waals surface area contributed by atoms with Gasteiger partial charge in [-0.3, -0.25) is 9.69 Å². The predicted octanol–water partition coefficient (Wildman–Crippen LogP) is 3.05. The minimum absolute atomic E-state index is 0.138. The molecule has 0 saturated heterocycles. The number of amides is 1. The molecule has 1 atom stereocenters. The van der Waals surface area contributed by atoms with E-state index in [-0.39, 0.29) is 23.8 Å². The number of hydrogen-bond acceptors (Lipinski definition) is 5. The molecule has 1 amide bonds. The number of esters is 1. The second-order valence-electron chi connectivity index (χ2n) is 6.41. The Morgan fingerprint density at radius 3 is 2.32 bits per heavy atom. The molecular formula is C21H20N2O5. The molecule has 1 aliphatic heterocycles. The zero-order valence-electron chi connectivity index (χ0n) is 15.5. The molecule has 0 radical (unpaired) electrons. The van der Waals surface area contributed by atoms with Gasteiger partial charge in [-0.05, 0) is 56.3 Å². The first kappa shape index (κ1) is 19.2. The van der Waals surface area contributed by atoms with Crippen molar-refractivity contribution in [2.24, 2.45) is 0 Å². The second-order valence-corrected chi connectivity index (χ2v) is 6.41. The average Bonchev–Trinajstić information content (AvgIpc) is 2.94. The Labute approximate surface area is 162 Å². The largest absolute Gasteiger partial charge is 0.478 e. The summed E-state index contributed by atoms with van der Waals surface area (Å²) in [6.45, 7) is 3.52. The van der Waals surface area contributed by atoms with Crippen LogP contribution in [0.4, 0.5) is 11.4 Å². The molecule has 2 N–H and O–H groups in total. The van der Waals surface area contributed by atoms with Crippen molar-refractivity contribution in [1.82, 2.24) is 0 Å². The normalized spacial score (nSPS) is 18.6. The number of carboxylic acids is 1. The van der Waals surface area contributed by atoms with Gasteiger partial charge in [-0.25, -0.2) is 9.59 Å². The smallest absolute Gasteiger partial charge is 0.336 e. The number of nitrogens with zero attached hydrogens (tertiary/aromatic N) is 1. The molecule has 3 rings (SSSR count). The molecule has 144 valence electrons. The SMILES string of the molecule is CCOC(=O)[C@@]1(C)C=C(Nc2ccc(C(=O)O)cc2)C(=O)N1c1ccccc1. The summed E-state index contributed by atoms with van der Waals surface area (Å²) in [6, 6.07) is 14.9. The van der Waals surface area contributed by atoms with Crippen LogP contribution in [0.1, 0.15) is 24.2 Å². The third kappa shape index (κ3) is 3.46. The van der Waals surface area contributed by atoms with Crippen LogP contribution in [0, 0.1) is 0 Å². The van der Waals surface area contributed by atoms with Crippen molar-refractivity contribution >= 4 is 29.2 Å². The quantitative estimate of drug-likeness (QED) is 0.748. The number of carboxylic acid groups (broad SMARTS) is 1. The highest BCUT2D eigenvalue weighted by atomic mass is 16.5. The Hall–Kier alpha value is -3.61. The summed E-state index contributed by atoms with van der Waals surface area (Å²) in [4.78, 5) is 38.1. The first-order chi connectivity index (χ1) is 13.4. The molecule has 1 heterocycles. The van der Waals surface area contributed by atoms with Gasteiger partial charge in [0.1, 0.15) is 5.70 Å². The average molecular weight is 380 g/mol. The first-order valence-corrected chi connectivity index (χ1v) is 8.77. The molecule has 7 heteroatoms. The molecule has 0 unspecified atom stereocenters. The van der Waals surface area contributed by atoms with Crippen molar-refractivity contribution in [2.45, 2.75) is 19.4 Å². The van der Waals surface area contributed by atoms with Crippen LogP contribution in [0.15, 0.2) is 66.4 Å². The standard InChI is InChI=1S/C21H20N2O5/c1-3-28-20(27)21(2)13-17(18(24)23(21)16-7-5-4-6-8-16)22-15-11-9-14(10-12-15)19(25)26/h4-13,22H,3H2,1-2H3,(H,25,26)/t21-/m1/s1. The Bertz CT molecular complexity index is 937. The predicted molar refractivity (Wildman–Crippen MR) is 104 cm³/mol. The highest BCUT2D eigenvalue weighted by Crippen LogP contribution is 2.35. The van der Waals surface area contributed by atoms with Crippen LogP contribution in [0.5, 0.6) is 0 Å². The van der Waals surface area contributed by atoms with Gasteiger partial charge in [0.15, 0.2) is 5.54 Å². The monoisotopic (exact) mass is 380 g/mol. The highest BCUT2D eigenvalue weighted by molar-refractivity contribution is 6.16. The minimum Gasteiger partial charge on any atom is -0.478 e. The zero-order valence-corrected chi connectivity index (χ0v) is 15.5. The topological polar surface area (TPSA) is 95.9 Å². The van der Waals surface area contributed by atoms with Crippen LogP contribution in [-0.2, 0) is 14.3 Å². The Kier molecular flexibility index (Phi) is 5.17. The first-order valence-electron chi connectivity index (χ1n) is 8.77. The number of hydrogen-bond donors (Lipinski definition) is 2. The molecule has 28 heavy (non-hydrogen) atoms. The van der Waals surface area contributed by atoms with Crippen molar-refractivity contribution < 1.29 is 24.2 Å². The van der Waals surface area contributed by atoms with Gasteiger partial charge in [0.25, 0.3) is 5.91 Å². The molecule has 0 saturated carbocycles. The lowest BCUT2D eigenvalue weighted by molar-refractivity contribution is -0.147. The maximum absolute atomic E-state index is 13.1. The lowest BCUT2D eigenvalue weighted by atomic mass is 10.0. The lowest BCUT2D eigenvalue weighted by Gasteiger charge is -2.32. The van der Waals surface area contributed by atoms with Gasteiger partial charge < -0.3 is 15.2 Å². The Morgan fingerprint density at radius 2 is 1.75 bits per heavy atom. The van der Waals surface area contributed by atoms with Crippen molar-refractivity contribution in [2.75, 3.05) is 16.8 Å². The molecule has 0 bridgehead atoms. The third-order valence-corrected chi connectivity index (χ3v) is 4.44. The van der Waals surface area contributed by atoms with Crippen molar-refractivity contribution in [3.8, 4) is 0 Å². The number of rotatable bonds is 6. The molecule has 2 aromatic carbocycles. The molecule has 7 nitrogen and oxygen atoms in total. The van der Waals surface area contributed by atoms with E-state index in [1.807, 2.05) is 6.07 Å². The third-order valence-electron chi connectivity index (χ3n) is 4.44. The number of benzene rings is 2. The van der Waals surface area contributed by atoms with E-state index in [0.717, 1.165) is 0 Å². The van der Waals surface area contributed by atoms with Crippen LogP contribution in [0.2, 0.25) is 0 Å². The van der Waals surface area contributed by atoms with Crippen LogP contribution < -0.4 is 10.2 Å². The number of anilines is 2. The molecule has 1 aliphatic rings. The summed E-state index contributed by atoms with van der Waals surface area (Å²) in [7, 11) is 0. The molecule has 2 aromatic rings. The van der Waals surface area contributed by atoms with Crippen molar-refractivity contribution in [1.29, 1.82) is 0 Å². The van der Waals surface area contributed by atoms with E-state index >= 15 is 0 Å². The van der Waals surface area contributed by atoms with Gasteiger partial charge in [-0.15, -0.1) is 0 Å². The fourth-order valence-corrected chi connectivity index (χ4v) is 3.07. The molecule has 0 aliphatic carbocycles. The maximum Gasteiger partial charge on any atom is 0.336 e. The van der Waals surface area contributed by atoms with Crippen LogP contribution in [-0.4, -0.2) is 35.1 Å². The number of aromatic carboxylic acids is 1. The number of carbonyl (C=O) groups is 3. The van der Waals surface area contributed by atoms with Crippen LogP contribution in [0.3, 0.4) is 0 Å². The molecule has 0 spiro atoms. The van der Waals surface area contributed by atoms with Crippen molar-refractivity contribution in [3.63, 3.8) is 0 Å². The molecular weight excluding hydrogens is 360 g/mol. The van der Waals surface area contributed by atoms with Crippen LogP contribution in [0.25, 0.3) is 0 Å². The van der Waals surface area contributed by atoms with Crippen molar-refractivity contribution in [3.05, 3.63) is 71.9 Å². The maximum atomic E-state index is 13.1. The number of carbonyl (C=O) groups excluding carboxylic acids is 2. The number of nitrogens with one attached hydrogen (secondary N) is 1. The van der Waals surface area contributed by atoms with Gasteiger partial charge in [-0.1, -0.05) is 18.2 Å². The van der Waals surface area contributed by atoms with E-state index in [1.165, 1.54) is 23.1 Å².